The van der Waals surface area contributed by atoms with Gasteiger partial charge in [-0.15, -0.1) is 24.0 Å². The molecule has 1 aromatic rings. The van der Waals surface area contributed by atoms with Gasteiger partial charge >= 0.3 is 0 Å². The van der Waals surface area contributed by atoms with E-state index in [0.29, 0.717) is 25.6 Å². The van der Waals surface area contributed by atoms with E-state index < -0.39 is 10.0 Å². The molecule has 8 nitrogen and oxygen atoms in total. The van der Waals surface area contributed by atoms with Gasteiger partial charge in [0.25, 0.3) is 0 Å². The lowest BCUT2D eigenvalue weighted by Gasteiger charge is -2.30. The molecule has 156 valence electrons. The lowest BCUT2D eigenvalue weighted by Crippen LogP contribution is -2.43. The Morgan fingerprint density at radius 2 is 1.93 bits per heavy atom. The second kappa shape index (κ2) is 11.2. The number of hydrogen-bond acceptors (Lipinski definition) is 5. The first-order valence-corrected chi connectivity index (χ1v) is 11.1. The molecule has 1 saturated heterocycles. The van der Waals surface area contributed by atoms with Crippen molar-refractivity contribution < 1.29 is 12.9 Å². The predicted octanol–water partition coefficient (Wildman–Crippen LogP) is 1.75. The Morgan fingerprint density at radius 1 is 1.26 bits per heavy atom. The highest BCUT2D eigenvalue weighted by Gasteiger charge is 2.24. The number of nitrogens with one attached hydrogen (secondary N) is 2. The van der Waals surface area contributed by atoms with Crippen molar-refractivity contribution in [1.82, 2.24) is 20.1 Å². The van der Waals surface area contributed by atoms with Crippen LogP contribution in [0.3, 0.4) is 0 Å². The van der Waals surface area contributed by atoms with Gasteiger partial charge in [0.2, 0.25) is 10.0 Å². The zero-order valence-corrected chi connectivity index (χ0v) is 19.8. The van der Waals surface area contributed by atoms with E-state index in [-0.39, 0.29) is 24.0 Å². The summed E-state index contributed by atoms with van der Waals surface area (Å²) in [5, 5.41) is 10.8. The fourth-order valence-corrected chi connectivity index (χ4v) is 4.09. The Bertz CT molecular complexity index is 691. The molecule has 27 heavy (non-hydrogen) atoms. The Balaban J connectivity index is 0.00000364. The first kappa shape index (κ1) is 24.2. The summed E-state index contributed by atoms with van der Waals surface area (Å²) < 4.78 is 30.1. The Hall–Kier alpha value is -0.880. The summed E-state index contributed by atoms with van der Waals surface area (Å²) in [6.07, 6.45) is 4.66. The van der Waals surface area contributed by atoms with Crippen molar-refractivity contribution in [2.24, 2.45) is 10.9 Å². The van der Waals surface area contributed by atoms with E-state index in [1.807, 2.05) is 0 Å². The van der Waals surface area contributed by atoms with E-state index in [2.05, 4.69) is 34.6 Å². The molecule has 10 heteroatoms. The van der Waals surface area contributed by atoms with Crippen LogP contribution in [0.1, 0.15) is 43.7 Å². The summed E-state index contributed by atoms with van der Waals surface area (Å²) in [5.74, 6) is 2.10. The van der Waals surface area contributed by atoms with Crippen LogP contribution in [0.25, 0.3) is 0 Å². The maximum Gasteiger partial charge on any atom is 0.211 e. The molecule has 1 aromatic heterocycles. The average molecular weight is 513 g/mol. The van der Waals surface area contributed by atoms with Crippen LogP contribution in [-0.4, -0.2) is 56.8 Å². The summed E-state index contributed by atoms with van der Waals surface area (Å²) in [6, 6.07) is 0. The normalized spacial score (nSPS) is 16.8. The molecule has 1 aliphatic rings. The molecule has 2 N–H and O–H groups in total. The number of piperidine rings is 1. The molecule has 0 unspecified atom stereocenters. The van der Waals surface area contributed by atoms with E-state index in [0.717, 1.165) is 55.2 Å². The van der Waals surface area contributed by atoms with E-state index in [9.17, 15) is 8.42 Å². The number of aryl methyl sites for hydroxylation is 2. The highest BCUT2D eigenvalue weighted by molar-refractivity contribution is 14.0. The third-order valence-electron chi connectivity index (χ3n) is 4.86. The minimum Gasteiger partial charge on any atom is -0.361 e. The smallest absolute Gasteiger partial charge is 0.211 e. The van der Waals surface area contributed by atoms with Crippen LogP contribution in [0.15, 0.2) is 9.52 Å². The van der Waals surface area contributed by atoms with Crippen molar-refractivity contribution >= 4 is 40.0 Å². The van der Waals surface area contributed by atoms with Gasteiger partial charge in [0.15, 0.2) is 5.96 Å². The molecule has 2 heterocycles. The number of hydrogen-bond donors (Lipinski definition) is 2. The van der Waals surface area contributed by atoms with Crippen molar-refractivity contribution in [1.29, 1.82) is 0 Å². The van der Waals surface area contributed by atoms with Crippen LogP contribution in [0.2, 0.25) is 0 Å². The molecule has 0 atom stereocenters. The number of rotatable bonds is 7. The van der Waals surface area contributed by atoms with E-state index in [1.165, 1.54) is 6.26 Å². The standard InChI is InChI=1S/C17H31N5O3S.HI/c1-5-15-14(16(6-2)25-21-15)12-20-17(18-3)19-11-13-7-9-22(10-8-13)26(4,23)24;/h13H,5-12H2,1-4H3,(H2,18,19,20);1H. The molecular formula is C17H32IN5O3S. The monoisotopic (exact) mass is 513 g/mol. The zero-order valence-electron chi connectivity index (χ0n) is 16.6. The molecule has 0 spiro atoms. The van der Waals surface area contributed by atoms with Crippen LogP contribution >= 0.6 is 24.0 Å². The first-order valence-electron chi connectivity index (χ1n) is 9.24. The number of aromatic nitrogens is 1. The van der Waals surface area contributed by atoms with Crippen molar-refractivity contribution in [2.75, 3.05) is 32.9 Å². The molecule has 0 aromatic carbocycles. The Morgan fingerprint density at radius 3 is 2.44 bits per heavy atom. The highest BCUT2D eigenvalue weighted by atomic mass is 127. The van der Waals surface area contributed by atoms with E-state index >= 15 is 0 Å². The second-order valence-electron chi connectivity index (χ2n) is 6.65. The van der Waals surface area contributed by atoms with Gasteiger partial charge in [-0.1, -0.05) is 19.0 Å². The molecule has 1 fully saturated rings. The third kappa shape index (κ3) is 6.90. The number of guanidine groups is 1. The Labute approximate surface area is 179 Å². The summed E-state index contributed by atoms with van der Waals surface area (Å²) >= 11 is 0. The molecule has 0 radical (unpaired) electrons. The van der Waals surface area contributed by atoms with Gasteiger partial charge < -0.3 is 15.2 Å². The van der Waals surface area contributed by atoms with Gasteiger partial charge in [-0.2, -0.15) is 0 Å². The van der Waals surface area contributed by atoms with Crippen LogP contribution in [-0.2, 0) is 29.4 Å². The van der Waals surface area contributed by atoms with Crippen molar-refractivity contribution in [2.45, 2.75) is 46.1 Å². The fourth-order valence-electron chi connectivity index (χ4n) is 3.22. The molecule has 0 amide bonds. The second-order valence-corrected chi connectivity index (χ2v) is 8.63. The summed E-state index contributed by atoms with van der Waals surface area (Å²) in [4.78, 5) is 4.27. The number of aliphatic imine (C=N–C) groups is 1. The SMILES string of the molecule is CCc1noc(CC)c1CNC(=NC)NCC1CCN(S(C)(=O)=O)CC1.I. The quantitative estimate of drug-likeness (QED) is 0.328. The van der Waals surface area contributed by atoms with E-state index in [4.69, 9.17) is 4.52 Å². The minimum atomic E-state index is -3.07. The third-order valence-corrected chi connectivity index (χ3v) is 6.17. The maximum atomic E-state index is 11.6. The van der Waals surface area contributed by atoms with Gasteiger partial charge in [-0.3, -0.25) is 4.99 Å². The summed E-state index contributed by atoms with van der Waals surface area (Å²) in [7, 11) is -1.32. The number of halogens is 1. The molecule has 0 aliphatic carbocycles. The zero-order chi connectivity index (χ0) is 19.2. The lowest BCUT2D eigenvalue weighted by molar-refractivity contribution is 0.275. The number of sulfonamides is 1. The lowest BCUT2D eigenvalue weighted by atomic mass is 9.98. The molecule has 0 bridgehead atoms. The predicted molar refractivity (Wildman–Crippen MR) is 118 cm³/mol. The van der Waals surface area contributed by atoms with Crippen molar-refractivity contribution in [3.63, 3.8) is 0 Å². The molecule has 2 rings (SSSR count). The van der Waals surface area contributed by atoms with Crippen LogP contribution < -0.4 is 10.6 Å². The van der Waals surface area contributed by atoms with Crippen LogP contribution in [0, 0.1) is 5.92 Å². The molecule has 1 aliphatic heterocycles. The fraction of sp³-hybridized carbons (Fsp3) is 0.765. The average Bonchev–Trinajstić information content (AvgIpc) is 3.03. The van der Waals surface area contributed by atoms with Gasteiger partial charge in [0.1, 0.15) is 5.76 Å². The van der Waals surface area contributed by atoms with Crippen LogP contribution in [0.5, 0.6) is 0 Å². The van der Waals surface area contributed by atoms with Gasteiger partial charge in [-0.25, -0.2) is 12.7 Å². The summed E-state index contributed by atoms with van der Waals surface area (Å²) in [6.45, 7) is 6.72. The van der Waals surface area contributed by atoms with Gasteiger partial charge in [0, 0.05) is 45.2 Å². The Kier molecular flexibility index (Phi) is 10.0. The maximum absolute atomic E-state index is 11.6. The van der Waals surface area contributed by atoms with E-state index in [1.54, 1.807) is 11.4 Å². The molecule has 0 saturated carbocycles. The highest BCUT2D eigenvalue weighted by Crippen LogP contribution is 2.18. The van der Waals surface area contributed by atoms with Crippen molar-refractivity contribution in [3.8, 4) is 0 Å². The molecular weight excluding hydrogens is 481 g/mol. The van der Waals surface area contributed by atoms with Crippen LogP contribution in [0.4, 0.5) is 0 Å². The topological polar surface area (TPSA) is 99.8 Å². The summed E-state index contributed by atoms with van der Waals surface area (Å²) in [5.41, 5.74) is 2.09. The number of nitrogens with zero attached hydrogens (tertiary/aromatic N) is 3. The van der Waals surface area contributed by atoms with Gasteiger partial charge in [-0.05, 0) is 25.2 Å². The minimum absolute atomic E-state index is 0. The van der Waals surface area contributed by atoms with Crippen molar-refractivity contribution in [3.05, 3.63) is 17.0 Å². The first-order chi connectivity index (χ1) is 12.4. The largest absolute Gasteiger partial charge is 0.361 e. The van der Waals surface area contributed by atoms with Gasteiger partial charge in [0.05, 0.1) is 11.9 Å².